The molecule has 16 heavy (non-hydrogen) atoms. The number of hydrogen-bond donors (Lipinski definition) is 1. The number of rotatable bonds is 3. The standard InChI is InChI=1S/C11H11N3O2/c15-14(16)11-8-12-6-7-13(11)9-10-4-2-1-3-5-10/h1-8,12H,9H2. The smallest absolute Gasteiger partial charge is 0.339 e. The van der Waals surface area contributed by atoms with E-state index in [2.05, 4.69) is 5.32 Å². The summed E-state index contributed by atoms with van der Waals surface area (Å²) in [6.07, 6.45) is 4.70. The van der Waals surface area contributed by atoms with Gasteiger partial charge in [-0.15, -0.1) is 0 Å². The minimum atomic E-state index is -0.403. The van der Waals surface area contributed by atoms with E-state index < -0.39 is 4.92 Å². The van der Waals surface area contributed by atoms with Crippen LogP contribution in [0.25, 0.3) is 0 Å². The first-order valence-corrected chi connectivity index (χ1v) is 4.85. The molecule has 0 amide bonds. The lowest BCUT2D eigenvalue weighted by Gasteiger charge is -2.17. The molecule has 0 radical (unpaired) electrons. The van der Waals surface area contributed by atoms with E-state index in [-0.39, 0.29) is 5.82 Å². The van der Waals surface area contributed by atoms with Crippen molar-refractivity contribution < 1.29 is 4.92 Å². The highest BCUT2D eigenvalue weighted by Gasteiger charge is 2.20. The molecule has 0 atom stereocenters. The summed E-state index contributed by atoms with van der Waals surface area (Å²) in [6.45, 7) is 0.492. The summed E-state index contributed by atoms with van der Waals surface area (Å²) < 4.78 is 0. The fraction of sp³-hybridized carbons (Fsp3) is 0.0909. The second-order valence-electron chi connectivity index (χ2n) is 3.36. The molecule has 1 aromatic rings. The molecule has 2 rings (SSSR count). The Morgan fingerprint density at radius 3 is 2.75 bits per heavy atom. The Labute approximate surface area is 92.8 Å². The van der Waals surface area contributed by atoms with E-state index in [1.165, 1.54) is 6.20 Å². The fourth-order valence-electron chi connectivity index (χ4n) is 1.49. The molecule has 1 aromatic carbocycles. The van der Waals surface area contributed by atoms with Gasteiger partial charge in [0.2, 0.25) is 0 Å². The van der Waals surface area contributed by atoms with Crippen LogP contribution in [0.15, 0.2) is 54.8 Å². The van der Waals surface area contributed by atoms with Gasteiger partial charge in [0.1, 0.15) is 12.7 Å². The highest BCUT2D eigenvalue weighted by atomic mass is 16.6. The molecule has 1 aliphatic heterocycles. The van der Waals surface area contributed by atoms with Gasteiger partial charge in [0.05, 0.1) is 6.20 Å². The molecule has 1 heterocycles. The Kier molecular flexibility index (Phi) is 2.86. The summed E-state index contributed by atoms with van der Waals surface area (Å²) in [7, 11) is 0. The third-order valence-corrected chi connectivity index (χ3v) is 2.24. The zero-order valence-corrected chi connectivity index (χ0v) is 8.54. The Balaban J connectivity index is 2.14. The SMILES string of the molecule is O=[N+]([O-])C1=CNC=CN1Cc1ccccc1. The van der Waals surface area contributed by atoms with Gasteiger partial charge in [0.15, 0.2) is 0 Å². The van der Waals surface area contributed by atoms with Crippen LogP contribution >= 0.6 is 0 Å². The van der Waals surface area contributed by atoms with Crippen molar-refractivity contribution in [1.82, 2.24) is 10.2 Å². The fourth-order valence-corrected chi connectivity index (χ4v) is 1.49. The van der Waals surface area contributed by atoms with Crippen LogP contribution in [-0.2, 0) is 6.54 Å². The quantitative estimate of drug-likeness (QED) is 0.617. The Hall–Kier alpha value is -2.30. The molecular formula is C11H11N3O2. The van der Waals surface area contributed by atoms with Gasteiger partial charge < -0.3 is 15.4 Å². The molecule has 0 saturated carbocycles. The maximum Gasteiger partial charge on any atom is 0.339 e. The van der Waals surface area contributed by atoms with Crippen LogP contribution in [-0.4, -0.2) is 9.82 Å². The number of hydrogen-bond acceptors (Lipinski definition) is 4. The minimum Gasteiger partial charge on any atom is -0.358 e. The van der Waals surface area contributed by atoms with E-state index in [0.717, 1.165) is 5.56 Å². The average molecular weight is 217 g/mol. The zero-order valence-electron chi connectivity index (χ0n) is 8.54. The number of nitro groups is 1. The van der Waals surface area contributed by atoms with Gasteiger partial charge in [-0.25, -0.2) is 4.90 Å². The molecule has 0 saturated heterocycles. The number of nitrogens with zero attached hydrogens (tertiary/aromatic N) is 2. The average Bonchev–Trinajstić information content (AvgIpc) is 2.31. The summed E-state index contributed by atoms with van der Waals surface area (Å²) >= 11 is 0. The van der Waals surface area contributed by atoms with E-state index in [4.69, 9.17) is 0 Å². The third kappa shape index (κ3) is 2.20. The van der Waals surface area contributed by atoms with Crippen molar-refractivity contribution in [1.29, 1.82) is 0 Å². The molecule has 0 bridgehead atoms. The predicted molar refractivity (Wildman–Crippen MR) is 59.3 cm³/mol. The van der Waals surface area contributed by atoms with Crippen molar-refractivity contribution in [3.63, 3.8) is 0 Å². The molecule has 5 nitrogen and oxygen atoms in total. The normalized spacial score (nSPS) is 14.2. The first-order valence-electron chi connectivity index (χ1n) is 4.85. The summed E-state index contributed by atoms with van der Waals surface area (Å²) in [5.41, 5.74) is 1.03. The second-order valence-corrected chi connectivity index (χ2v) is 3.36. The topological polar surface area (TPSA) is 58.4 Å². The molecule has 1 N–H and O–H groups in total. The first kappa shape index (κ1) is 10.2. The Bertz CT molecular complexity index is 440. The molecule has 0 unspecified atom stereocenters. The van der Waals surface area contributed by atoms with Crippen molar-refractivity contribution in [2.45, 2.75) is 6.54 Å². The van der Waals surface area contributed by atoms with Gasteiger partial charge in [-0.2, -0.15) is 0 Å². The molecule has 5 heteroatoms. The van der Waals surface area contributed by atoms with Crippen molar-refractivity contribution in [2.24, 2.45) is 0 Å². The van der Waals surface area contributed by atoms with Crippen LogP contribution in [0.3, 0.4) is 0 Å². The lowest BCUT2D eigenvalue weighted by atomic mass is 10.2. The molecule has 0 aliphatic carbocycles. The molecule has 0 fully saturated rings. The van der Waals surface area contributed by atoms with Crippen LogP contribution in [0.2, 0.25) is 0 Å². The van der Waals surface area contributed by atoms with E-state index in [0.29, 0.717) is 6.54 Å². The van der Waals surface area contributed by atoms with Gasteiger partial charge >= 0.3 is 5.82 Å². The van der Waals surface area contributed by atoms with Crippen molar-refractivity contribution in [3.05, 3.63) is 70.4 Å². The summed E-state index contributed by atoms with van der Waals surface area (Å²) in [4.78, 5) is 12.0. The molecule has 0 spiro atoms. The lowest BCUT2D eigenvalue weighted by Crippen LogP contribution is -2.26. The van der Waals surface area contributed by atoms with Gasteiger partial charge in [0.25, 0.3) is 0 Å². The van der Waals surface area contributed by atoms with Crippen LogP contribution in [0.4, 0.5) is 0 Å². The minimum absolute atomic E-state index is 0.0475. The van der Waals surface area contributed by atoms with E-state index in [1.54, 1.807) is 17.3 Å². The maximum atomic E-state index is 10.8. The maximum absolute atomic E-state index is 10.8. The van der Waals surface area contributed by atoms with Crippen LogP contribution < -0.4 is 5.32 Å². The van der Waals surface area contributed by atoms with Gasteiger partial charge in [0, 0.05) is 6.20 Å². The lowest BCUT2D eigenvalue weighted by molar-refractivity contribution is -0.445. The second kappa shape index (κ2) is 4.48. The van der Waals surface area contributed by atoms with Crippen molar-refractivity contribution in [2.75, 3.05) is 0 Å². The molecule has 1 aliphatic rings. The largest absolute Gasteiger partial charge is 0.358 e. The Morgan fingerprint density at radius 2 is 2.06 bits per heavy atom. The first-order chi connectivity index (χ1) is 7.77. The van der Waals surface area contributed by atoms with Crippen molar-refractivity contribution in [3.8, 4) is 0 Å². The van der Waals surface area contributed by atoms with Gasteiger partial charge in [-0.1, -0.05) is 30.3 Å². The summed E-state index contributed by atoms with van der Waals surface area (Å²) in [5.74, 6) is 0.0475. The monoisotopic (exact) mass is 217 g/mol. The van der Waals surface area contributed by atoms with E-state index in [1.807, 2.05) is 30.3 Å². The molecule has 0 aromatic heterocycles. The molecule has 82 valence electrons. The van der Waals surface area contributed by atoms with Gasteiger partial charge in [-0.3, -0.25) is 0 Å². The number of nitrogens with one attached hydrogen (secondary N) is 1. The summed E-state index contributed by atoms with van der Waals surface area (Å²) in [6, 6.07) is 9.62. The number of benzene rings is 1. The third-order valence-electron chi connectivity index (χ3n) is 2.24. The van der Waals surface area contributed by atoms with Crippen LogP contribution in [0, 0.1) is 10.1 Å². The zero-order chi connectivity index (χ0) is 11.4. The van der Waals surface area contributed by atoms with Crippen LogP contribution in [0.5, 0.6) is 0 Å². The highest BCUT2D eigenvalue weighted by Crippen LogP contribution is 2.13. The van der Waals surface area contributed by atoms with Crippen molar-refractivity contribution >= 4 is 0 Å². The van der Waals surface area contributed by atoms with Crippen LogP contribution in [0.1, 0.15) is 5.56 Å². The van der Waals surface area contributed by atoms with Gasteiger partial charge in [-0.05, 0) is 10.5 Å². The predicted octanol–water partition coefficient (Wildman–Crippen LogP) is 1.64. The summed E-state index contributed by atoms with van der Waals surface area (Å²) in [5, 5.41) is 13.5. The Morgan fingerprint density at radius 1 is 1.31 bits per heavy atom. The van der Waals surface area contributed by atoms with E-state index >= 15 is 0 Å². The van der Waals surface area contributed by atoms with E-state index in [9.17, 15) is 10.1 Å². The molecular weight excluding hydrogens is 206 g/mol. The highest BCUT2D eigenvalue weighted by molar-refractivity contribution is 5.17.